The topological polar surface area (TPSA) is 48.9 Å². The Hall–Kier alpha value is -1.75. The first-order valence-corrected chi connectivity index (χ1v) is 9.87. The van der Waals surface area contributed by atoms with Crippen molar-refractivity contribution >= 4 is 11.6 Å². The number of hydrogen-bond donors (Lipinski definition) is 2. The van der Waals surface area contributed by atoms with Crippen LogP contribution in [-0.4, -0.2) is 46.9 Å². The van der Waals surface area contributed by atoms with Crippen molar-refractivity contribution in [2.24, 2.45) is 10.4 Å². The average Bonchev–Trinajstić information content (AvgIpc) is 3.11. The number of guanidine groups is 1. The highest BCUT2D eigenvalue weighted by Gasteiger charge is 2.33. The van der Waals surface area contributed by atoms with E-state index in [0.29, 0.717) is 5.41 Å². The van der Waals surface area contributed by atoms with Gasteiger partial charge in [-0.05, 0) is 49.3 Å². The number of nitrogens with zero attached hydrogens (tertiary/aromatic N) is 2. The fourth-order valence-electron chi connectivity index (χ4n) is 3.66. The van der Waals surface area contributed by atoms with Crippen LogP contribution in [0.25, 0.3) is 0 Å². The smallest absolute Gasteiger partial charge is 0.191 e. The number of nitrogens with one attached hydrogen (secondary N) is 2. The van der Waals surface area contributed by atoms with Gasteiger partial charge in [-0.15, -0.1) is 0 Å². The van der Waals surface area contributed by atoms with E-state index in [2.05, 4.69) is 65.8 Å². The molecule has 26 heavy (non-hydrogen) atoms. The molecule has 0 spiro atoms. The van der Waals surface area contributed by atoms with E-state index >= 15 is 0 Å². The molecule has 2 rings (SSSR count). The lowest BCUT2D eigenvalue weighted by molar-refractivity contribution is 0.105. The first-order chi connectivity index (χ1) is 12.6. The van der Waals surface area contributed by atoms with Crippen LogP contribution in [-0.2, 0) is 11.3 Å². The summed E-state index contributed by atoms with van der Waals surface area (Å²) in [5, 5.41) is 6.99. The minimum atomic E-state index is 0.361. The predicted molar refractivity (Wildman–Crippen MR) is 111 cm³/mol. The van der Waals surface area contributed by atoms with Gasteiger partial charge in [-0.2, -0.15) is 0 Å². The quantitative estimate of drug-likeness (QED) is 0.403. The van der Waals surface area contributed by atoms with Gasteiger partial charge in [-0.1, -0.05) is 25.0 Å². The summed E-state index contributed by atoms with van der Waals surface area (Å²) < 4.78 is 5.61. The maximum absolute atomic E-state index is 5.61. The van der Waals surface area contributed by atoms with Crippen molar-refractivity contribution in [3.8, 4) is 0 Å². The second-order valence-corrected chi connectivity index (χ2v) is 7.49. The van der Waals surface area contributed by atoms with E-state index in [4.69, 9.17) is 4.74 Å². The fraction of sp³-hybridized carbons (Fsp3) is 0.667. The van der Waals surface area contributed by atoms with Crippen LogP contribution in [0.4, 0.5) is 5.69 Å². The van der Waals surface area contributed by atoms with Gasteiger partial charge in [0, 0.05) is 53.1 Å². The van der Waals surface area contributed by atoms with Crippen molar-refractivity contribution in [2.45, 2.75) is 45.6 Å². The van der Waals surface area contributed by atoms with E-state index in [0.717, 1.165) is 38.7 Å². The number of ether oxygens (including phenoxy) is 1. The van der Waals surface area contributed by atoms with Gasteiger partial charge >= 0.3 is 0 Å². The third-order valence-corrected chi connectivity index (χ3v) is 5.41. The lowest BCUT2D eigenvalue weighted by Crippen LogP contribution is -2.43. The minimum absolute atomic E-state index is 0.361. The molecule has 5 heteroatoms. The summed E-state index contributed by atoms with van der Waals surface area (Å²) in [7, 11) is 5.96. The molecule has 0 unspecified atom stereocenters. The van der Waals surface area contributed by atoms with Crippen molar-refractivity contribution < 1.29 is 4.74 Å². The van der Waals surface area contributed by atoms with E-state index < -0.39 is 0 Å². The monoisotopic (exact) mass is 360 g/mol. The molecule has 0 bridgehead atoms. The van der Waals surface area contributed by atoms with Crippen LogP contribution in [0.5, 0.6) is 0 Å². The Bertz CT molecular complexity index is 548. The molecule has 0 amide bonds. The number of benzene rings is 1. The van der Waals surface area contributed by atoms with Crippen molar-refractivity contribution in [1.82, 2.24) is 10.6 Å². The zero-order chi connectivity index (χ0) is 18.8. The van der Waals surface area contributed by atoms with Gasteiger partial charge in [0.05, 0.1) is 0 Å². The maximum atomic E-state index is 5.61. The summed E-state index contributed by atoms with van der Waals surface area (Å²) in [5.41, 5.74) is 2.83. The molecule has 1 aromatic rings. The van der Waals surface area contributed by atoms with Crippen LogP contribution in [0, 0.1) is 5.41 Å². The molecule has 1 saturated carbocycles. The van der Waals surface area contributed by atoms with E-state index in [1.807, 2.05) is 7.05 Å². The molecule has 0 aliphatic heterocycles. The molecule has 0 aromatic heterocycles. The van der Waals surface area contributed by atoms with Crippen molar-refractivity contribution in [1.29, 1.82) is 0 Å². The minimum Gasteiger partial charge on any atom is -0.382 e. The van der Waals surface area contributed by atoms with Gasteiger partial charge in [0.2, 0.25) is 0 Å². The Labute approximate surface area is 159 Å². The van der Waals surface area contributed by atoms with E-state index in [9.17, 15) is 0 Å². The zero-order valence-corrected chi connectivity index (χ0v) is 17.0. The van der Waals surface area contributed by atoms with Gasteiger partial charge in [0.1, 0.15) is 0 Å². The first-order valence-electron chi connectivity index (χ1n) is 9.87. The number of anilines is 1. The third kappa shape index (κ3) is 6.20. The molecule has 2 N–H and O–H groups in total. The van der Waals surface area contributed by atoms with E-state index in [-0.39, 0.29) is 0 Å². The summed E-state index contributed by atoms with van der Waals surface area (Å²) in [6.45, 7) is 5.48. The first kappa shape index (κ1) is 20.6. The molecule has 5 nitrogen and oxygen atoms in total. The van der Waals surface area contributed by atoms with Gasteiger partial charge in [0.25, 0.3) is 0 Å². The lowest BCUT2D eigenvalue weighted by Gasteiger charge is -2.30. The highest BCUT2D eigenvalue weighted by atomic mass is 16.5. The molecule has 1 fully saturated rings. The number of aliphatic imine (C=N–C) groups is 1. The molecular weight excluding hydrogens is 324 g/mol. The Kier molecular flexibility index (Phi) is 8.23. The van der Waals surface area contributed by atoms with Crippen LogP contribution >= 0.6 is 0 Å². The summed E-state index contributed by atoms with van der Waals surface area (Å²) >= 11 is 0. The van der Waals surface area contributed by atoms with Gasteiger partial charge in [-0.3, -0.25) is 4.99 Å². The molecule has 0 atom stereocenters. The molecule has 1 aromatic carbocycles. The van der Waals surface area contributed by atoms with Crippen LogP contribution in [0.15, 0.2) is 29.3 Å². The van der Waals surface area contributed by atoms with Gasteiger partial charge < -0.3 is 20.3 Å². The lowest BCUT2D eigenvalue weighted by atomic mass is 9.83. The maximum Gasteiger partial charge on any atom is 0.191 e. The normalized spacial score (nSPS) is 16.5. The van der Waals surface area contributed by atoms with E-state index in [1.54, 1.807) is 0 Å². The summed E-state index contributed by atoms with van der Waals surface area (Å²) in [5.74, 6) is 0.879. The second-order valence-electron chi connectivity index (χ2n) is 7.49. The Morgan fingerprint density at radius 2 is 1.85 bits per heavy atom. The second kappa shape index (κ2) is 10.4. The predicted octanol–water partition coefficient (Wildman–Crippen LogP) is 3.40. The van der Waals surface area contributed by atoms with Crippen LogP contribution in [0.2, 0.25) is 0 Å². The van der Waals surface area contributed by atoms with Gasteiger partial charge in [-0.25, -0.2) is 0 Å². The van der Waals surface area contributed by atoms with Crippen LogP contribution in [0.1, 0.15) is 44.6 Å². The molecule has 0 radical (unpaired) electrons. The summed E-state index contributed by atoms with van der Waals surface area (Å²) in [4.78, 5) is 6.50. The standard InChI is InChI=1S/C21H36N4O/c1-5-26-15-14-21(12-6-7-13-21)17-24-20(22-2)23-16-18-8-10-19(11-9-18)25(3)4/h8-11H,5-7,12-17H2,1-4H3,(H2,22,23,24). The highest BCUT2D eigenvalue weighted by Crippen LogP contribution is 2.40. The van der Waals surface area contributed by atoms with Crippen LogP contribution in [0.3, 0.4) is 0 Å². The highest BCUT2D eigenvalue weighted by molar-refractivity contribution is 5.79. The third-order valence-electron chi connectivity index (χ3n) is 5.41. The zero-order valence-electron chi connectivity index (χ0n) is 17.0. The number of hydrogen-bond acceptors (Lipinski definition) is 3. The van der Waals surface area contributed by atoms with Crippen molar-refractivity contribution in [3.05, 3.63) is 29.8 Å². The van der Waals surface area contributed by atoms with Crippen molar-refractivity contribution in [3.63, 3.8) is 0 Å². The molecule has 1 aliphatic rings. The summed E-state index contributed by atoms with van der Waals surface area (Å²) in [6, 6.07) is 8.62. The molecule has 0 saturated heterocycles. The number of rotatable bonds is 9. The van der Waals surface area contributed by atoms with E-state index in [1.165, 1.54) is 36.9 Å². The fourth-order valence-corrected chi connectivity index (χ4v) is 3.66. The summed E-state index contributed by atoms with van der Waals surface area (Å²) in [6.07, 6.45) is 6.37. The molecular formula is C21H36N4O. The molecule has 1 aliphatic carbocycles. The van der Waals surface area contributed by atoms with Crippen LogP contribution < -0.4 is 15.5 Å². The van der Waals surface area contributed by atoms with Crippen molar-refractivity contribution in [2.75, 3.05) is 45.8 Å². The Morgan fingerprint density at radius 3 is 2.42 bits per heavy atom. The Morgan fingerprint density at radius 1 is 1.15 bits per heavy atom. The Balaban J connectivity index is 1.82. The average molecular weight is 361 g/mol. The molecule has 0 heterocycles. The van der Waals surface area contributed by atoms with Gasteiger partial charge in [0.15, 0.2) is 5.96 Å². The molecule has 146 valence electrons. The SMILES string of the molecule is CCOCCC1(CNC(=NC)NCc2ccc(N(C)C)cc2)CCCC1. The largest absolute Gasteiger partial charge is 0.382 e.